The van der Waals surface area contributed by atoms with E-state index in [2.05, 4.69) is 9.97 Å². The van der Waals surface area contributed by atoms with Gasteiger partial charge in [-0.25, -0.2) is 4.98 Å². The smallest absolute Gasteiger partial charge is 0.222 e. The van der Waals surface area contributed by atoms with Crippen molar-refractivity contribution in [3.63, 3.8) is 0 Å². The van der Waals surface area contributed by atoms with Crippen molar-refractivity contribution in [3.8, 4) is 11.1 Å². The van der Waals surface area contributed by atoms with E-state index in [1.165, 1.54) is 32.1 Å². The minimum atomic E-state index is 0.169. The molecule has 6 N–H and O–H groups in total. The summed E-state index contributed by atoms with van der Waals surface area (Å²) in [5.74, 6) is 1.18. The van der Waals surface area contributed by atoms with Crippen molar-refractivity contribution in [1.82, 2.24) is 9.97 Å². The van der Waals surface area contributed by atoms with Crippen LogP contribution in [0.15, 0.2) is 24.3 Å². The van der Waals surface area contributed by atoms with Crippen molar-refractivity contribution in [2.45, 2.75) is 38.7 Å². The zero-order chi connectivity index (χ0) is 16.9. The quantitative estimate of drug-likeness (QED) is 0.728. The highest BCUT2D eigenvalue weighted by atomic mass is 16.5. The number of nitrogen functional groups attached to an aromatic ring is 3. The van der Waals surface area contributed by atoms with Crippen LogP contribution in [0.5, 0.6) is 0 Å². The van der Waals surface area contributed by atoms with Crippen LogP contribution in [-0.2, 0) is 11.3 Å². The highest BCUT2D eigenvalue weighted by molar-refractivity contribution is 5.77. The first-order valence-electron chi connectivity index (χ1n) is 8.49. The molecule has 1 fully saturated rings. The molecule has 1 aromatic heterocycles. The Morgan fingerprint density at radius 2 is 1.67 bits per heavy atom. The number of rotatable bonds is 5. The summed E-state index contributed by atoms with van der Waals surface area (Å²) in [4.78, 5) is 8.43. The van der Waals surface area contributed by atoms with Gasteiger partial charge in [-0.3, -0.25) is 0 Å². The Labute approximate surface area is 142 Å². The SMILES string of the molecule is Nc1ccc(-c2c(N)nc(N)nc2COCC2CCCCC2)cc1. The minimum Gasteiger partial charge on any atom is -0.399 e. The summed E-state index contributed by atoms with van der Waals surface area (Å²) >= 11 is 0. The molecule has 1 heterocycles. The fourth-order valence-corrected chi connectivity index (χ4v) is 3.29. The normalized spacial score (nSPS) is 15.5. The lowest BCUT2D eigenvalue weighted by Gasteiger charge is -2.21. The maximum absolute atomic E-state index is 6.09. The van der Waals surface area contributed by atoms with Crippen molar-refractivity contribution in [2.24, 2.45) is 5.92 Å². The van der Waals surface area contributed by atoms with Crippen LogP contribution in [0.1, 0.15) is 37.8 Å². The molecule has 24 heavy (non-hydrogen) atoms. The Kier molecular flexibility index (Phi) is 5.15. The van der Waals surface area contributed by atoms with Crippen LogP contribution in [0.3, 0.4) is 0 Å². The molecule has 2 aromatic rings. The van der Waals surface area contributed by atoms with Crippen LogP contribution in [0.4, 0.5) is 17.5 Å². The van der Waals surface area contributed by atoms with Crippen LogP contribution in [0.2, 0.25) is 0 Å². The van der Waals surface area contributed by atoms with Crippen molar-refractivity contribution >= 4 is 17.5 Å². The zero-order valence-corrected chi connectivity index (χ0v) is 13.9. The topological polar surface area (TPSA) is 113 Å². The van der Waals surface area contributed by atoms with Gasteiger partial charge in [-0.1, -0.05) is 31.4 Å². The average molecular weight is 327 g/mol. The first-order valence-corrected chi connectivity index (χ1v) is 8.49. The summed E-state index contributed by atoms with van der Waals surface area (Å²) < 4.78 is 5.93. The van der Waals surface area contributed by atoms with E-state index in [9.17, 15) is 0 Å². The molecule has 1 saturated carbocycles. The molecule has 6 heteroatoms. The van der Waals surface area contributed by atoms with Gasteiger partial charge in [-0.2, -0.15) is 4.98 Å². The third kappa shape index (κ3) is 3.94. The van der Waals surface area contributed by atoms with Crippen molar-refractivity contribution in [3.05, 3.63) is 30.0 Å². The van der Waals surface area contributed by atoms with Gasteiger partial charge in [0, 0.05) is 17.9 Å². The van der Waals surface area contributed by atoms with Crippen LogP contribution in [0, 0.1) is 5.92 Å². The summed E-state index contributed by atoms with van der Waals surface area (Å²) in [6.45, 7) is 1.14. The van der Waals surface area contributed by atoms with E-state index < -0.39 is 0 Å². The predicted octanol–water partition coefficient (Wildman–Crippen LogP) is 2.99. The van der Waals surface area contributed by atoms with E-state index in [4.69, 9.17) is 21.9 Å². The van der Waals surface area contributed by atoms with Gasteiger partial charge in [-0.05, 0) is 36.5 Å². The summed E-state index contributed by atoms with van der Waals surface area (Å²) in [7, 11) is 0. The number of anilines is 3. The van der Waals surface area contributed by atoms with E-state index in [0.29, 0.717) is 24.0 Å². The standard InChI is InChI=1S/C18H25N5O/c19-14-8-6-13(7-9-14)16-15(22-18(21)23-17(16)20)11-24-10-12-4-2-1-3-5-12/h6-9,12H,1-5,10-11,19H2,(H4,20,21,22,23). The Morgan fingerprint density at radius 1 is 0.958 bits per heavy atom. The lowest BCUT2D eigenvalue weighted by atomic mass is 9.90. The molecule has 1 aromatic carbocycles. The van der Waals surface area contributed by atoms with Gasteiger partial charge < -0.3 is 21.9 Å². The number of hydrogen-bond donors (Lipinski definition) is 3. The number of nitrogens with two attached hydrogens (primary N) is 3. The molecule has 0 spiro atoms. The third-order valence-electron chi connectivity index (χ3n) is 4.55. The second-order valence-corrected chi connectivity index (χ2v) is 6.43. The molecule has 0 saturated heterocycles. The van der Waals surface area contributed by atoms with Gasteiger partial charge in [-0.15, -0.1) is 0 Å². The Hall–Kier alpha value is -2.34. The highest BCUT2D eigenvalue weighted by Gasteiger charge is 2.16. The predicted molar refractivity (Wildman–Crippen MR) is 96.9 cm³/mol. The third-order valence-corrected chi connectivity index (χ3v) is 4.55. The Balaban J connectivity index is 1.77. The minimum absolute atomic E-state index is 0.169. The van der Waals surface area contributed by atoms with E-state index in [-0.39, 0.29) is 5.95 Å². The summed E-state index contributed by atoms with van der Waals surface area (Å²) in [5.41, 5.74) is 20.7. The van der Waals surface area contributed by atoms with Gasteiger partial charge in [0.1, 0.15) is 5.82 Å². The Bertz CT molecular complexity index is 681. The molecular formula is C18H25N5O. The molecule has 128 valence electrons. The van der Waals surface area contributed by atoms with E-state index >= 15 is 0 Å². The molecule has 3 rings (SSSR count). The summed E-state index contributed by atoms with van der Waals surface area (Å²) in [5, 5.41) is 0. The van der Waals surface area contributed by atoms with Crippen LogP contribution < -0.4 is 17.2 Å². The lowest BCUT2D eigenvalue weighted by molar-refractivity contribution is 0.0723. The number of ether oxygens (including phenoxy) is 1. The second kappa shape index (κ2) is 7.49. The van der Waals surface area contributed by atoms with Gasteiger partial charge in [0.15, 0.2) is 0 Å². The first kappa shape index (κ1) is 16.5. The molecule has 0 bridgehead atoms. The largest absolute Gasteiger partial charge is 0.399 e. The van der Waals surface area contributed by atoms with Gasteiger partial charge in [0.25, 0.3) is 0 Å². The number of nitrogens with zero attached hydrogens (tertiary/aromatic N) is 2. The highest BCUT2D eigenvalue weighted by Crippen LogP contribution is 2.30. The van der Waals surface area contributed by atoms with Crippen molar-refractivity contribution < 1.29 is 4.74 Å². The van der Waals surface area contributed by atoms with Crippen LogP contribution >= 0.6 is 0 Å². The molecule has 0 radical (unpaired) electrons. The van der Waals surface area contributed by atoms with Gasteiger partial charge >= 0.3 is 0 Å². The fraction of sp³-hybridized carbons (Fsp3) is 0.444. The number of benzene rings is 1. The number of aromatic nitrogens is 2. The first-order chi connectivity index (χ1) is 11.6. The van der Waals surface area contributed by atoms with Crippen LogP contribution in [0.25, 0.3) is 11.1 Å². The molecule has 0 unspecified atom stereocenters. The van der Waals surface area contributed by atoms with Crippen LogP contribution in [-0.4, -0.2) is 16.6 Å². The zero-order valence-electron chi connectivity index (χ0n) is 13.9. The molecule has 0 aliphatic heterocycles. The monoisotopic (exact) mass is 327 g/mol. The Morgan fingerprint density at radius 3 is 2.38 bits per heavy atom. The fourth-order valence-electron chi connectivity index (χ4n) is 3.29. The van der Waals surface area contributed by atoms with E-state index in [1.807, 2.05) is 24.3 Å². The van der Waals surface area contributed by atoms with Gasteiger partial charge in [0.05, 0.1) is 12.3 Å². The van der Waals surface area contributed by atoms with Gasteiger partial charge in [0.2, 0.25) is 5.95 Å². The molecule has 1 aliphatic carbocycles. The molecule has 1 aliphatic rings. The molecule has 6 nitrogen and oxygen atoms in total. The molecule has 0 atom stereocenters. The van der Waals surface area contributed by atoms with Crippen molar-refractivity contribution in [2.75, 3.05) is 23.8 Å². The maximum Gasteiger partial charge on any atom is 0.222 e. The molecular weight excluding hydrogens is 302 g/mol. The summed E-state index contributed by atoms with van der Waals surface area (Å²) in [6, 6.07) is 7.48. The summed E-state index contributed by atoms with van der Waals surface area (Å²) in [6.07, 6.45) is 6.45. The maximum atomic E-state index is 6.09. The second-order valence-electron chi connectivity index (χ2n) is 6.43. The average Bonchev–Trinajstić information content (AvgIpc) is 2.57. The number of hydrogen-bond acceptors (Lipinski definition) is 6. The van der Waals surface area contributed by atoms with E-state index in [0.717, 1.165) is 23.4 Å². The lowest BCUT2D eigenvalue weighted by Crippen LogP contribution is -2.14. The van der Waals surface area contributed by atoms with Crippen molar-refractivity contribution in [1.29, 1.82) is 0 Å². The molecule has 0 amide bonds. The van der Waals surface area contributed by atoms with E-state index in [1.54, 1.807) is 0 Å².